The fourth-order valence-corrected chi connectivity index (χ4v) is 1.57. The van der Waals surface area contributed by atoms with Crippen molar-refractivity contribution in [1.29, 1.82) is 5.26 Å². The molecule has 22 heavy (non-hydrogen) atoms. The highest BCUT2D eigenvalue weighted by atomic mass is 19.4. The first-order chi connectivity index (χ1) is 9.48. The minimum atomic E-state index is -6.98. The predicted molar refractivity (Wildman–Crippen MR) is 46.5 cm³/mol. The third kappa shape index (κ3) is 2.88. The minimum absolute atomic E-state index is 0.306. The lowest BCUT2D eigenvalue weighted by atomic mass is 9.71. The van der Waals surface area contributed by atoms with Gasteiger partial charge in [-0.05, 0) is 0 Å². The molecule has 0 N–H and O–H groups in total. The lowest BCUT2D eigenvalue weighted by Crippen LogP contribution is -2.67. The third-order valence-corrected chi connectivity index (χ3v) is 2.69. The summed E-state index contributed by atoms with van der Waals surface area (Å²) in [6, 6.07) is 0.306. The minimum Gasteiger partial charge on any atom is -0.265 e. The number of nitro groups is 1. The maximum atomic E-state index is 13.3. The van der Waals surface area contributed by atoms with Crippen LogP contribution in [0.1, 0.15) is 6.42 Å². The van der Waals surface area contributed by atoms with E-state index in [0.29, 0.717) is 6.07 Å². The standard InChI is InChI=1S/C8H4F10N2O2/c9-5(10,7(13,14)15)4(1-2-19,3-20(21)22)6(11,12)8(16,17)18/h1,3H2. The van der Waals surface area contributed by atoms with Crippen LogP contribution in [-0.4, -0.2) is 35.7 Å². The van der Waals surface area contributed by atoms with Gasteiger partial charge < -0.3 is 0 Å². The van der Waals surface area contributed by atoms with E-state index in [2.05, 4.69) is 0 Å². The van der Waals surface area contributed by atoms with E-state index in [1.54, 1.807) is 0 Å². The Morgan fingerprint density at radius 1 is 0.864 bits per heavy atom. The Labute approximate surface area is 114 Å². The number of nitriles is 1. The van der Waals surface area contributed by atoms with Gasteiger partial charge in [0.15, 0.2) is 5.41 Å². The summed E-state index contributed by atoms with van der Waals surface area (Å²) in [6.07, 6.45) is -16.7. The molecule has 0 fully saturated rings. The van der Waals surface area contributed by atoms with Gasteiger partial charge in [-0.2, -0.15) is 49.2 Å². The summed E-state index contributed by atoms with van der Waals surface area (Å²) in [4.78, 5) is 7.93. The normalized spacial score (nSPS) is 14.6. The van der Waals surface area contributed by atoms with Gasteiger partial charge in [-0.3, -0.25) is 10.1 Å². The van der Waals surface area contributed by atoms with E-state index in [1.807, 2.05) is 0 Å². The summed E-state index contributed by atoms with van der Waals surface area (Å²) in [6.45, 7) is -3.13. The van der Waals surface area contributed by atoms with Crippen molar-refractivity contribution in [2.75, 3.05) is 6.54 Å². The van der Waals surface area contributed by atoms with Crippen LogP contribution >= 0.6 is 0 Å². The molecule has 14 heteroatoms. The molecule has 0 aliphatic heterocycles. The van der Waals surface area contributed by atoms with Gasteiger partial charge in [0.1, 0.15) is 0 Å². The second-order valence-corrected chi connectivity index (χ2v) is 4.05. The van der Waals surface area contributed by atoms with Crippen LogP contribution in [0.5, 0.6) is 0 Å². The fraction of sp³-hybridized carbons (Fsp3) is 0.875. The Hall–Kier alpha value is -1.81. The first-order valence-electron chi connectivity index (χ1n) is 4.86. The SMILES string of the molecule is N#CCC(C[N+](=O)[O-])(C(F)(F)C(F)(F)F)C(F)(F)C(F)(F)F. The van der Waals surface area contributed by atoms with E-state index in [4.69, 9.17) is 5.26 Å². The first-order valence-corrected chi connectivity index (χ1v) is 4.86. The molecule has 0 aromatic carbocycles. The van der Waals surface area contributed by atoms with E-state index in [9.17, 15) is 54.0 Å². The van der Waals surface area contributed by atoms with E-state index in [-0.39, 0.29) is 0 Å². The zero-order valence-corrected chi connectivity index (χ0v) is 9.90. The van der Waals surface area contributed by atoms with Crippen molar-refractivity contribution in [3.05, 3.63) is 10.1 Å². The molecule has 0 atom stereocenters. The van der Waals surface area contributed by atoms with Crippen LogP contribution < -0.4 is 0 Å². The lowest BCUT2D eigenvalue weighted by Gasteiger charge is -2.41. The van der Waals surface area contributed by atoms with Crippen molar-refractivity contribution in [1.82, 2.24) is 0 Å². The largest absolute Gasteiger partial charge is 0.454 e. The molecule has 0 rings (SSSR count). The Kier molecular flexibility index (Phi) is 4.98. The van der Waals surface area contributed by atoms with Crippen molar-refractivity contribution in [3.63, 3.8) is 0 Å². The summed E-state index contributed by atoms with van der Waals surface area (Å²) in [7, 11) is 0. The van der Waals surface area contributed by atoms with Gasteiger partial charge in [0.25, 0.3) is 0 Å². The quantitative estimate of drug-likeness (QED) is 0.433. The molecule has 128 valence electrons. The number of alkyl halides is 10. The average molecular weight is 350 g/mol. The number of hydrogen-bond acceptors (Lipinski definition) is 3. The first kappa shape index (κ1) is 20.2. The zero-order chi connectivity index (χ0) is 18.2. The molecule has 0 saturated carbocycles. The number of nitrogens with zero attached hydrogens (tertiary/aromatic N) is 2. The average Bonchev–Trinajstić information content (AvgIpc) is 2.23. The molecule has 0 aromatic rings. The van der Waals surface area contributed by atoms with Crippen LogP contribution in [0.25, 0.3) is 0 Å². The van der Waals surface area contributed by atoms with Gasteiger partial charge in [0.05, 0.1) is 12.5 Å². The molecule has 0 saturated heterocycles. The van der Waals surface area contributed by atoms with Crippen molar-refractivity contribution >= 4 is 0 Å². The van der Waals surface area contributed by atoms with Crippen molar-refractivity contribution in [2.24, 2.45) is 5.41 Å². The molecular weight excluding hydrogens is 346 g/mol. The Bertz CT molecular complexity index is 449. The fourth-order valence-electron chi connectivity index (χ4n) is 1.57. The Morgan fingerprint density at radius 2 is 1.18 bits per heavy atom. The summed E-state index contributed by atoms with van der Waals surface area (Å²) in [5.41, 5.74) is -5.64. The maximum absolute atomic E-state index is 13.3. The topological polar surface area (TPSA) is 66.9 Å². The molecule has 0 heterocycles. The number of halogens is 10. The second kappa shape index (κ2) is 5.43. The number of hydrogen-bond donors (Lipinski definition) is 0. The lowest BCUT2D eigenvalue weighted by molar-refractivity contribution is -0.537. The molecule has 0 amide bonds. The summed E-state index contributed by atoms with van der Waals surface area (Å²) < 4.78 is 126. The van der Waals surface area contributed by atoms with Gasteiger partial charge in [-0.15, -0.1) is 0 Å². The highest BCUT2D eigenvalue weighted by Crippen LogP contribution is 2.61. The molecule has 0 radical (unpaired) electrons. The van der Waals surface area contributed by atoms with Crippen molar-refractivity contribution in [2.45, 2.75) is 30.6 Å². The highest BCUT2D eigenvalue weighted by molar-refractivity contribution is 5.11. The molecule has 0 aliphatic carbocycles. The van der Waals surface area contributed by atoms with Crippen LogP contribution in [0.4, 0.5) is 43.9 Å². The maximum Gasteiger partial charge on any atom is 0.454 e. The van der Waals surface area contributed by atoms with Crippen LogP contribution in [0.3, 0.4) is 0 Å². The molecule has 0 unspecified atom stereocenters. The second-order valence-electron chi connectivity index (χ2n) is 4.05. The van der Waals surface area contributed by atoms with Gasteiger partial charge in [0, 0.05) is 4.92 Å². The molecular formula is C8H4F10N2O2. The van der Waals surface area contributed by atoms with E-state index >= 15 is 0 Å². The molecule has 0 aromatic heterocycles. The molecule has 0 bridgehead atoms. The summed E-state index contributed by atoms with van der Waals surface area (Å²) in [5, 5.41) is 18.2. The van der Waals surface area contributed by atoms with E-state index < -0.39 is 47.5 Å². The highest BCUT2D eigenvalue weighted by Gasteiger charge is 2.86. The van der Waals surface area contributed by atoms with Crippen LogP contribution in [-0.2, 0) is 0 Å². The Morgan fingerprint density at radius 3 is 1.36 bits per heavy atom. The smallest absolute Gasteiger partial charge is 0.265 e. The van der Waals surface area contributed by atoms with Gasteiger partial charge in [0.2, 0.25) is 6.54 Å². The Balaban J connectivity index is 6.67. The van der Waals surface area contributed by atoms with Crippen molar-refractivity contribution < 1.29 is 48.8 Å². The molecule has 0 aliphatic rings. The summed E-state index contributed by atoms with van der Waals surface area (Å²) in [5.74, 6) is -13.7. The summed E-state index contributed by atoms with van der Waals surface area (Å²) >= 11 is 0. The monoisotopic (exact) mass is 350 g/mol. The van der Waals surface area contributed by atoms with Crippen LogP contribution in [0, 0.1) is 26.9 Å². The van der Waals surface area contributed by atoms with Gasteiger partial charge in [-0.25, -0.2) is 0 Å². The van der Waals surface area contributed by atoms with Gasteiger partial charge in [-0.1, -0.05) is 0 Å². The van der Waals surface area contributed by atoms with E-state index in [0.717, 1.165) is 0 Å². The zero-order valence-electron chi connectivity index (χ0n) is 9.90. The van der Waals surface area contributed by atoms with Crippen LogP contribution in [0.15, 0.2) is 0 Å². The molecule has 4 nitrogen and oxygen atoms in total. The third-order valence-electron chi connectivity index (χ3n) is 2.69. The van der Waals surface area contributed by atoms with E-state index in [1.165, 1.54) is 0 Å². The molecule has 0 spiro atoms. The van der Waals surface area contributed by atoms with Crippen molar-refractivity contribution in [3.8, 4) is 6.07 Å². The predicted octanol–water partition coefficient (Wildman–Crippen LogP) is 3.56. The number of rotatable bonds is 5. The van der Waals surface area contributed by atoms with Crippen LogP contribution in [0.2, 0.25) is 0 Å². The van der Waals surface area contributed by atoms with Gasteiger partial charge >= 0.3 is 24.2 Å².